The van der Waals surface area contributed by atoms with Gasteiger partial charge < -0.3 is 19.9 Å². The third-order valence-corrected chi connectivity index (χ3v) is 2.41. The lowest BCUT2D eigenvalue weighted by Crippen LogP contribution is -2.40. The van der Waals surface area contributed by atoms with Crippen molar-refractivity contribution in [3.63, 3.8) is 0 Å². The van der Waals surface area contributed by atoms with Crippen LogP contribution in [0.15, 0.2) is 23.3 Å². The number of nitrogens with one attached hydrogen (secondary N) is 2. The number of likely N-dealkylation sites (N-methyl/N-ethyl adjacent to an activating group) is 1. The standard InChI is InChI=1S/C12H17N3O4/c1-15(8-11(17)14-5-6-19-2)12(18)9-7-13-4-3-10(9)16/h3-4,7H,5-6,8H2,1-2H3,(H,13,16)(H,14,17). The fraction of sp³-hybridized carbons (Fsp3) is 0.417. The van der Waals surface area contributed by atoms with Crippen LogP contribution in [0.3, 0.4) is 0 Å². The van der Waals surface area contributed by atoms with Gasteiger partial charge in [-0.3, -0.25) is 14.4 Å². The van der Waals surface area contributed by atoms with Gasteiger partial charge in [-0.25, -0.2) is 0 Å². The molecule has 0 bridgehead atoms. The zero-order valence-electron chi connectivity index (χ0n) is 10.9. The van der Waals surface area contributed by atoms with Gasteiger partial charge in [0.15, 0.2) is 5.43 Å². The summed E-state index contributed by atoms with van der Waals surface area (Å²) in [5.74, 6) is -0.802. The van der Waals surface area contributed by atoms with Crippen molar-refractivity contribution in [1.82, 2.24) is 15.2 Å². The molecule has 1 rings (SSSR count). The number of H-pyrrole nitrogens is 1. The van der Waals surface area contributed by atoms with Gasteiger partial charge in [0.05, 0.1) is 13.2 Å². The molecule has 2 N–H and O–H groups in total. The van der Waals surface area contributed by atoms with Crippen LogP contribution in [-0.4, -0.2) is 55.6 Å². The molecule has 1 heterocycles. The third kappa shape index (κ3) is 4.55. The summed E-state index contributed by atoms with van der Waals surface area (Å²) in [6, 6.07) is 1.26. The summed E-state index contributed by atoms with van der Waals surface area (Å²) in [6.45, 7) is 0.669. The van der Waals surface area contributed by atoms with Gasteiger partial charge in [-0.05, 0) is 0 Å². The van der Waals surface area contributed by atoms with E-state index >= 15 is 0 Å². The van der Waals surface area contributed by atoms with E-state index in [1.54, 1.807) is 0 Å². The molecule has 0 radical (unpaired) electrons. The molecule has 1 aromatic rings. The van der Waals surface area contributed by atoms with Gasteiger partial charge in [0.1, 0.15) is 5.56 Å². The van der Waals surface area contributed by atoms with Gasteiger partial charge in [-0.2, -0.15) is 0 Å². The van der Waals surface area contributed by atoms with E-state index in [0.717, 1.165) is 0 Å². The average Bonchev–Trinajstić information content (AvgIpc) is 2.38. The molecule has 0 unspecified atom stereocenters. The number of methoxy groups -OCH3 is 1. The van der Waals surface area contributed by atoms with E-state index < -0.39 is 5.91 Å². The van der Waals surface area contributed by atoms with Crippen LogP contribution < -0.4 is 10.7 Å². The molecular weight excluding hydrogens is 250 g/mol. The number of pyridine rings is 1. The number of ether oxygens (including phenoxy) is 1. The number of aromatic amines is 1. The molecule has 19 heavy (non-hydrogen) atoms. The zero-order chi connectivity index (χ0) is 14.3. The zero-order valence-corrected chi connectivity index (χ0v) is 10.9. The summed E-state index contributed by atoms with van der Waals surface area (Å²) in [5.41, 5.74) is -0.370. The van der Waals surface area contributed by atoms with Crippen molar-refractivity contribution >= 4 is 11.8 Å². The Kier molecular flexibility index (Phi) is 5.74. The smallest absolute Gasteiger partial charge is 0.259 e. The number of hydrogen-bond donors (Lipinski definition) is 2. The van der Waals surface area contributed by atoms with E-state index in [9.17, 15) is 14.4 Å². The number of nitrogens with zero attached hydrogens (tertiary/aromatic N) is 1. The fourth-order valence-electron chi connectivity index (χ4n) is 1.42. The highest BCUT2D eigenvalue weighted by molar-refractivity contribution is 5.95. The van der Waals surface area contributed by atoms with E-state index in [1.165, 1.54) is 37.5 Å². The topological polar surface area (TPSA) is 91.5 Å². The van der Waals surface area contributed by atoms with E-state index in [4.69, 9.17) is 4.74 Å². The minimum Gasteiger partial charge on any atom is -0.383 e. The largest absolute Gasteiger partial charge is 0.383 e. The maximum Gasteiger partial charge on any atom is 0.259 e. The van der Waals surface area contributed by atoms with Crippen LogP contribution in [0.5, 0.6) is 0 Å². The molecule has 7 heteroatoms. The van der Waals surface area contributed by atoms with E-state index in [1.807, 2.05) is 0 Å². The SMILES string of the molecule is COCCNC(=O)CN(C)C(=O)c1c[nH]ccc1=O. The van der Waals surface area contributed by atoms with Crippen LogP contribution in [-0.2, 0) is 9.53 Å². The third-order valence-electron chi connectivity index (χ3n) is 2.41. The Morgan fingerprint density at radius 3 is 2.84 bits per heavy atom. The number of carbonyl (C=O) groups excluding carboxylic acids is 2. The number of amides is 2. The maximum absolute atomic E-state index is 11.9. The first-order valence-corrected chi connectivity index (χ1v) is 5.74. The lowest BCUT2D eigenvalue weighted by molar-refractivity contribution is -0.121. The predicted octanol–water partition coefficient (Wildman–Crippen LogP) is -0.790. The summed E-state index contributed by atoms with van der Waals surface area (Å²) >= 11 is 0. The number of rotatable bonds is 6. The summed E-state index contributed by atoms with van der Waals surface area (Å²) in [4.78, 5) is 38.8. The van der Waals surface area contributed by atoms with Gasteiger partial charge in [-0.1, -0.05) is 0 Å². The van der Waals surface area contributed by atoms with Crippen LogP contribution in [0, 0.1) is 0 Å². The van der Waals surface area contributed by atoms with Crippen LogP contribution in [0.4, 0.5) is 0 Å². The molecule has 1 aromatic heterocycles. The molecule has 0 aliphatic carbocycles. The van der Waals surface area contributed by atoms with Gasteiger partial charge >= 0.3 is 0 Å². The van der Waals surface area contributed by atoms with Crippen molar-refractivity contribution in [2.24, 2.45) is 0 Å². The first-order chi connectivity index (χ1) is 9.06. The van der Waals surface area contributed by atoms with Crippen LogP contribution in [0.1, 0.15) is 10.4 Å². The second kappa shape index (κ2) is 7.32. The molecule has 0 aliphatic heterocycles. The molecule has 0 aliphatic rings. The highest BCUT2D eigenvalue weighted by Gasteiger charge is 2.16. The molecule has 0 atom stereocenters. The van der Waals surface area contributed by atoms with Gasteiger partial charge in [-0.15, -0.1) is 0 Å². The van der Waals surface area contributed by atoms with Crippen LogP contribution in [0.25, 0.3) is 0 Å². The molecule has 0 saturated carbocycles. The number of aromatic nitrogens is 1. The fourth-order valence-corrected chi connectivity index (χ4v) is 1.42. The molecule has 0 spiro atoms. The van der Waals surface area contributed by atoms with Crippen molar-refractivity contribution in [1.29, 1.82) is 0 Å². The average molecular weight is 267 g/mol. The van der Waals surface area contributed by atoms with Gasteiger partial charge in [0.25, 0.3) is 5.91 Å². The first-order valence-electron chi connectivity index (χ1n) is 5.74. The lowest BCUT2D eigenvalue weighted by atomic mass is 10.2. The first kappa shape index (κ1) is 14.9. The second-order valence-corrected chi connectivity index (χ2v) is 3.93. The summed E-state index contributed by atoms with van der Waals surface area (Å²) in [5, 5.41) is 2.59. The molecule has 2 amide bonds. The summed E-state index contributed by atoms with van der Waals surface area (Å²) in [6.07, 6.45) is 2.76. The Morgan fingerprint density at radius 1 is 1.47 bits per heavy atom. The van der Waals surface area contributed by atoms with E-state index in [2.05, 4.69) is 10.3 Å². The maximum atomic E-state index is 11.9. The van der Waals surface area contributed by atoms with E-state index in [0.29, 0.717) is 13.2 Å². The normalized spacial score (nSPS) is 10.0. The minimum absolute atomic E-state index is 0.00897. The second-order valence-electron chi connectivity index (χ2n) is 3.93. The number of hydrogen-bond acceptors (Lipinski definition) is 4. The minimum atomic E-state index is -0.497. The summed E-state index contributed by atoms with van der Waals surface area (Å²) < 4.78 is 4.79. The highest BCUT2D eigenvalue weighted by Crippen LogP contribution is 1.95. The van der Waals surface area contributed by atoms with Gasteiger partial charge in [0.2, 0.25) is 5.91 Å². The van der Waals surface area contributed by atoms with Crippen molar-refractivity contribution in [2.75, 3.05) is 33.9 Å². The van der Waals surface area contributed by atoms with Crippen LogP contribution in [0.2, 0.25) is 0 Å². The van der Waals surface area contributed by atoms with Crippen LogP contribution >= 0.6 is 0 Å². The molecule has 7 nitrogen and oxygen atoms in total. The van der Waals surface area contributed by atoms with E-state index in [-0.39, 0.29) is 23.4 Å². The summed E-state index contributed by atoms with van der Waals surface area (Å²) in [7, 11) is 2.99. The quantitative estimate of drug-likeness (QED) is 0.661. The Labute approximate surface area is 110 Å². The molecule has 0 saturated heterocycles. The Bertz CT molecular complexity index is 498. The van der Waals surface area contributed by atoms with Crippen molar-refractivity contribution in [3.05, 3.63) is 34.2 Å². The predicted molar refractivity (Wildman–Crippen MR) is 68.9 cm³/mol. The molecule has 0 aromatic carbocycles. The molecule has 0 fully saturated rings. The Morgan fingerprint density at radius 2 is 2.21 bits per heavy atom. The Hall–Kier alpha value is -2.15. The molecule has 104 valence electrons. The molecular formula is C12H17N3O4. The monoisotopic (exact) mass is 267 g/mol. The highest BCUT2D eigenvalue weighted by atomic mass is 16.5. The number of carbonyl (C=O) groups is 2. The van der Waals surface area contributed by atoms with Crippen molar-refractivity contribution in [2.45, 2.75) is 0 Å². The van der Waals surface area contributed by atoms with Crippen molar-refractivity contribution in [3.8, 4) is 0 Å². The van der Waals surface area contributed by atoms with Gasteiger partial charge in [0, 0.05) is 39.2 Å². The Balaban J connectivity index is 2.56. The lowest BCUT2D eigenvalue weighted by Gasteiger charge is -2.16. The van der Waals surface area contributed by atoms with Crippen molar-refractivity contribution < 1.29 is 14.3 Å².